The normalized spacial score (nSPS) is 13.0. The molecule has 2 aromatic carbocycles. The Morgan fingerprint density at radius 3 is 2.50 bits per heavy atom. The molecule has 0 saturated heterocycles. The lowest BCUT2D eigenvalue weighted by atomic mass is 10.1. The highest BCUT2D eigenvalue weighted by Gasteiger charge is 2.32. The lowest BCUT2D eigenvalue weighted by Crippen LogP contribution is -2.26. The van der Waals surface area contributed by atoms with Gasteiger partial charge in [0.2, 0.25) is 0 Å². The smallest absolute Gasteiger partial charge is 0.254 e. The van der Waals surface area contributed by atoms with Crippen LogP contribution >= 0.6 is 11.6 Å². The summed E-state index contributed by atoms with van der Waals surface area (Å²) in [5.74, 6) is 0.936. The van der Waals surface area contributed by atoms with E-state index >= 15 is 0 Å². The summed E-state index contributed by atoms with van der Waals surface area (Å²) in [6, 6.07) is 17.4. The molecular formula is C24H21ClN4O. The van der Waals surface area contributed by atoms with Crippen molar-refractivity contribution in [2.75, 3.05) is 0 Å². The van der Waals surface area contributed by atoms with Crippen LogP contribution in [0.2, 0.25) is 5.02 Å². The van der Waals surface area contributed by atoms with Gasteiger partial charge in [0.15, 0.2) is 0 Å². The van der Waals surface area contributed by atoms with Gasteiger partial charge in [-0.2, -0.15) is 5.10 Å². The predicted molar refractivity (Wildman–Crippen MR) is 117 cm³/mol. The number of fused-ring (bicyclic) bond motifs is 1. The maximum Gasteiger partial charge on any atom is 0.254 e. The maximum absolute atomic E-state index is 13.0. The van der Waals surface area contributed by atoms with Crippen LogP contribution in [0.4, 0.5) is 0 Å². The first-order valence-corrected chi connectivity index (χ1v) is 10.3. The van der Waals surface area contributed by atoms with Crippen LogP contribution in [0.15, 0.2) is 67.0 Å². The number of hydrogen-bond donors (Lipinski definition) is 0. The minimum absolute atomic E-state index is 0.0355. The Hall–Kier alpha value is -3.31. The van der Waals surface area contributed by atoms with Gasteiger partial charge in [-0.15, -0.1) is 0 Å². The van der Waals surface area contributed by atoms with Crippen molar-refractivity contribution in [3.05, 3.63) is 100.0 Å². The number of aromatic nitrogens is 3. The van der Waals surface area contributed by atoms with Crippen molar-refractivity contribution in [3.8, 4) is 11.5 Å². The monoisotopic (exact) mass is 416 g/mol. The van der Waals surface area contributed by atoms with Crippen molar-refractivity contribution in [3.63, 3.8) is 0 Å². The lowest BCUT2D eigenvalue weighted by Gasteiger charge is -2.18. The molecule has 30 heavy (non-hydrogen) atoms. The summed E-state index contributed by atoms with van der Waals surface area (Å²) in [5, 5.41) is 5.47. The second-order valence-electron chi connectivity index (χ2n) is 7.69. The Labute approximate surface area is 180 Å². The van der Waals surface area contributed by atoms with E-state index in [0.29, 0.717) is 23.7 Å². The molecule has 2 aromatic heterocycles. The van der Waals surface area contributed by atoms with Gasteiger partial charge < -0.3 is 9.47 Å². The molecule has 3 heterocycles. The van der Waals surface area contributed by atoms with Gasteiger partial charge in [0.25, 0.3) is 5.91 Å². The molecule has 5 nitrogen and oxygen atoms in total. The van der Waals surface area contributed by atoms with Gasteiger partial charge in [-0.1, -0.05) is 23.7 Å². The first-order valence-electron chi connectivity index (χ1n) is 9.88. The van der Waals surface area contributed by atoms with E-state index in [1.807, 2.05) is 34.1 Å². The topological polar surface area (TPSA) is 43.1 Å². The summed E-state index contributed by atoms with van der Waals surface area (Å²) in [4.78, 5) is 14.8. The molecule has 6 heteroatoms. The fraction of sp³-hybridized carbons (Fsp3) is 0.167. The molecular weight excluding hydrogens is 396 g/mol. The Balaban J connectivity index is 1.55. The fourth-order valence-corrected chi connectivity index (χ4v) is 4.12. The van der Waals surface area contributed by atoms with Crippen molar-refractivity contribution in [2.45, 2.75) is 26.9 Å². The predicted octanol–water partition coefficient (Wildman–Crippen LogP) is 5.09. The molecule has 0 atom stereocenters. The van der Waals surface area contributed by atoms with Gasteiger partial charge >= 0.3 is 0 Å². The first kappa shape index (κ1) is 18.7. The molecule has 1 aliphatic heterocycles. The van der Waals surface area contributed by atoms with E-state index in [0.717, 1.165) is 22.8 Å². The minimum atomic E-state index is -0.0355. The zero-order chi connectivity index (χ0) is 20.8. The SMILES string of the molecule is Cc1ccc(-n2nc3c(c2-n2cccc2)CN(C(=O)c2cccc(Cl)c2)C3)cc1C. The van der Waals surface area contributed by atoms with E-state index in [-0.39, 0.29) is 5.91 Å². The summed E-state index contributed by atoms with van der Waals surface area (Å²) < 4.78 is 4.05. The third kappa shape index (κ3) is 3.12. The quantitative estimate of drug-likeness (QED) is 0.467. The molecule has 4 aromatic rings. The number of benzene rings is 2. The molecule has 0 radical (unpaired) electrons. The third-order valence-electron chi connectivity index (χ3n) is 5.67. The van der Waals surface area contributed by atoms with Crippen LogP contribution < -0.4 is 0 Å². The highest BCUT2D eigenvalue weighted by molar-refractivity contribution is 6.30. The highest BCUT2D eigenvalue weighted by Crippen LogP contribution is 2.32. The summed E-state index contributed by atoms with van der Waals surface area (Å²) >= 11 is 6.08. The summed E-state index contributed by atoms with van der Waals surface area (Å²) in [6.45, 7) is 5.21. The number of hydrogen-bond acceptors (Lipinski definition) is 2. The van der Waals surface area contributed by atoms with Gasteiger partial charge in [0.05, 0.1) is 24.5 Å². The Kier molecular flexibility index (Phi) is 4.48. The van der Waals surface area contributed by atoms with Gasteiger partial charge in [-0.05, 0) is 67.4 Å². The standard InChI is InChI=1S/C24H21ClN4O/c1-16-8-9-20(12-17(16)2)29-23(27-10-3-4-11-27)21-14-28(15-22(21)26-29)24(30)18-6-5-7-19(25)13-18/h3-13H,14-15H2,1-2H3. The van der Waals surface area contributed by atoms with Gasteiger partial charge in [-0.25, -0.2) is 4.68 Å². The van der Waals surface area contributed by atoms with E-state index in [9.17, 15) is 4.79 Å². The van der Waals surface area contributed by atoms with E-state index in [1.165, 1.54) is 11.1 Å². The van der Waals surface area contributed by atoms with Crippen LogP contribution in [-0.2, 0) is 13.1 Å². The van der Waals surface area contributed by atoms with Crippen molar-refractivity contribution in [1.29, 1.82) is 0 Å². The molecule has 0 spiro atoms. The Morgan fingerprint density at radius 1 is 0.967 bits per heavy atom. The fourth-order valence-electron chi connectivity index (χ4n) is 3.93. The van der Waals surface area contributed by atoms with E-state index in [4.69, 9.17) is 16.7 Å². The molecule has 0 fully saturated rings. The van der Waals surface area contributed by atoms with E-state index < -0.39 is 0 Å². The molecule has 150 valence electrons. The molecule has 0 N–H and O–H groups in total. The van der Waals surface area contributed by atoms with Gasteiger partial charge in [0, 0.05) is 28.5 Å². The number of aryl methyl sites for hydroxylation is 2. The molecule has 1 amide bonds. The second-order valence-corrected chi connectivity index (χ2v) is 8.13. The number of carbonyl (C=O) groups excluding carboxylic acids is 1. The number of halogens is 1. The zero-order valence-corrected chi connectivity index (χ0v) is 17.6. The highest BCUT2D eigenvalue weighted by atomic mass is 35.5. The summed E-state index contributed by atoms with van der Waals surface area (Å²) in [5.41, 5.74) is 6.08. The summed E-state index contributed by atoms with van der Waals surface area (Å²) in [6.07, 6.45) is 4.02. The van der Waals surface area contributed by atoms with Crippen molar-refractivity contribution < 1.29 is 4.79 Å². The second kappa shape index (κ2) is 7.18. The first-order chi connectivity index (χ1) is 14.5. The molecule has 0 bridgehead atoms. The van der Waals surface area contributed by atoms with E-state index in [2.05, 4.69) is 36.6 Å². The maximum atomic E-state index is 13.0. The number of carbonyl (C=O) groups is 1. The Bertz CT molecular complexity index is 1260. The van der Waals surface area contributed by atoms with Crippen LogP contribution in [0.1, 0.15) is 32.7 Å². The van der Waals surface area contributed by atoms with Crippen molar-refractivity contribution in [1.82, 2.24) is 19.2 Å². The van der Waals surface area contributed by atoms with E-state index in [1.54, 1.807) is 24.3 Å². The number of nitrogens with zero attached hydrogens (tertiary/aromatic N) is 4. The zero-order valence-electron chi connectivity index (χ0n) is 16.8. The van der Waals surface area contributed by atoms with Gasteiger partial charge in [-0.3, -0.25) is 4.79 Å². The van der Waals surface area contributed by atoms with Gasteiger partial charge in [0.1, 0.15) is 5.82 Å². The summed E-state index contributed by atoms with van der Waals surface area (Å²) in [7, 11) is 0. The molecule has 5 rings (SSSR count). The van der Waals surface area contributed by atoms with Crippen LogP contribution in [0.5, 0.6) is 0 Å². The van der Waals surface area contributed by atoms with Crippen LogP contribution in [0.25, 0.3) is 11.5 Å². The largest absolute Gasteiger partial charge is 0.328 e. The number of amides is 1. The average molecular weight is 417 g/mol. The van der Waals surface area contributed by atoms with Crippen molar-refractivity contribution >= 4 is 17.5 Å². The molecule has 0 saturated carbocycles. The molecule has 0 aliphatic carbocycles. The Morgan fingerprint density at radius 2 is 1.77 bits per heavy atom. The molecule has 0 unspecified atom stereocenters. The lowest BCUT2D eigenvalue weighted by molar-refractivity contribution is 0.0749. The third-order valence-corrected chi connectivity index (χ3v) is 5.91. The minimum Gasteiger partial charge on any atom is -0.328 e. The van der Waals surface area contributed by atoms with Crippen LogP contribution in [0.3, 0.4) is 0 Å². The van der Waals surface area contributed by atoms with Crippen LogP contribution in [0, 0.1) is 13.8 Å². The molecule has 1 aliphatic rings. The van der Waals surface area contributed by atoms with Crippen molar-refractivity contribution in [2.24, 2.45) is 0 Å². The van der Waals surface area contributed by atoms with Crippen LogP contribution in [-0.4, -0.2) is 25.2 Å². The average Bonchev–Trinajstić information content (AvgIpc) is 3.45. The number of rotatable bonds is 3.